The van der Waals surface area contributed by atoms with E-state index in [1.165, 1.54) is 0 Å². The fraction of sp³-hybridized carbons (Fsp3) is 1.00. The van der Waals surface area contributed by atoms with Crippen LogP contribution in [0.25, 0.3) is 0 Å². The first-order chi connectivity index (χ1) is 4.83. The highest BCUT2D eigenvalue weighted by Gasteiger charge is 2.22. The van der Waals surface area contributed by atoms with Crippen LogP contribution in [0.5, 0.6) is 0 Å². The van der Waals surface area contributed by atoms with Crippen LogP contribution in [0, 0.1) is 0 Å². The molecule has 0 aliphatic carbocycles. The number of aliphatic hydroxyl groups is 1. The molecule has 1 saturated heterocycles. The van der Waals surface area contributed by atoms with Gasteiger partial charge in [0.05, 0.1) is 18.8 Å². The minimum atomic E-state index is -0.0887. The molecule has 0 radical (unpaired) electrons. The van der Waals surface area contributed by atoms with Crippen molar-refractivity contribution in [2.24, 2.45) is 0 Å². The molecule has 0 aromatic rings. The molecule has 1 rings (SSSR count). The van der Waals surface area contributed by atoms with E-state index in [1.807, 2.05) is 0 Å². The first-order valence-electron chi connectivity index (χ1n) is 4.12. The standard InChI is InChI=1S/C8H16O2/c1-2-3-7(9)4-5-8-6-10-8/h7-9H,2-6H2,1H3. The molecule has 0 amide bonds. The lowest BCUT2D eigenvalue weighted by Crippen LogP contribution is -2.06. The maximum atomic E-state index is 9.27. The summed E-state index contributed by atoms with van der Waals surface area (Å²) in [6, 6.07) is 0. The van der Waals surface area contributed by atoms with Crippen LogP contribution in [-0.2, 0) is 4.74 Å². The van der Waals surface area contributed by atoms with Crippen LogP contribution < -0.4 is 0 Å². The van der Waals surface area contributed by atoms with Gasteiger partial charge in [-0.05, 0) is 19.3 Å². The molecule has 2 nitrogen and oxygen atoms in total. The number of aliphatic hydroxyl groups excluding tert-OH is 1. The van der Waals surface area contributed by atoms with E-state index in [9.17, 15) is 5.11 Å². The van der Waals surface area contributed by atoms with Crippen LogP contribution >= 0.6 is 0 Å². The number of hydrogen-bond acceptors (Lipinski definition) is 2. The Balaban J connectivity index is 1.89. The van der Waals surface area contributed by atoms with Gasteiger partial charge in [0.15, 0.2) is 0 Å². The molecule has 0 saturated carbocycles. The monoisotopic (exact) mass is 144 g/mol. The number of rotatable bonds is 5. The molecule has 2 heteroatoms. The number of epoxide rings is 1. The summed E-state index contributed by atoms with van der Waals surface area (Å²) in [6.07, 6.45) is 4.36. The van der Waals surface area contributed by atoms with E-state index in [4.69, 9.17) is 4.74 Å². The molecule has 0 bridgehead atoms. The molecule has 1 heterocycles. The highest BCUT2D eigenvalue weighted by molar-refractivity contribution is 4.70. The van der Waals surface area contributed by atoms with Crippen molar-refractivity contribution in [2.45, 2.75) is 44.8 Å². The van der Waals surface area contributed by atoms with E-state index in [2.05, 4.69) is 6.92 Å². The third kappa shape index (κ3) is 3.18. The number of ether oxygens (including phenoxy) is 1. The van der Waals surface area contributed by atoms with E-state index in [1.54, 1.807) is 0 Å². The Morgan fingerprint density at radius 3 is 2.80 bits per heavy atom. The molecule has 0 aromatic heterocycles. The average Bonchev–Trinajstić information content (AvgIpc) is 2.67. The van der Waals surface area contributed by atoms with Crippen LogP contribution in [0.2, 0.25) is 0 Å². The number of hydrogen-bond donors (Lipinski definition) is 1. The van der Waals surface area contributed by atoms with Gasteiger partial charge >= 0.3 is 0 Å². The Hall–Kier alpha value is -0.0800. The lowest BCUT2D eigenvalue weighted by atomic mass is 10.1. The quantitative estimate of drug-likeness (QED) is 0.590. The van der Waals surface area contributed by atoms with Crippen molar-refractivity contribution in [3.05, 3.63) is 0 Å². The van der Waals surface area contributed by atoms with Crippen molar-refractivity contribution in [1.82, 2.24) is 0 Å². The highest BCUT2D eigenvalue weighted by Crippen LogP contribution is 2.17. The second-order valence-electron chi connectivity index (χ2n) is 2.98. The van der Waals surface area contributed by atoms with Crippen LogP contribution in [0.1, 0.15) is 32.6 Å². The molecule has 1 aliphatic rings. The summed E-state index contributed by atoms with van der Waals surface area (Å²) < 4.78 is 5.03. The van der Waals surface area contributed by atoms with Crippen molar-refractivity contribution < 1.29 is 9.84 Å². The van der Waals surface area contributed by atoms with E-state index in [0.717, 1.165) is 32.3 Å². The van der Waals surface area contributed by atoms with Crippen molar-refractivity contribution in [1.29, 1.82) is 0 Å². The third-order valence-electron chi connectivity index (χ3n) is 1.85. The second kappa shape index (κ2) is 3.94. The SMILES string of the molecule is CCCC(O)CCC1CO1. The van der Waals surface area contributed by atoms with E-state index >= 15 is 0 Å². The summed E-state index contributed by atoms with van der Waals surface area (Å²) in [5, 5.41) is 9.27. The van der Waals surface area contributed by atoms with Crippen molar-refractivity contribution >= 4 is 0 Å². The topological polar surface area (TPSA) is 32.8 Å². The largest absolute Gasteiger partial charge is 0.393 e. The normalized spacial score (nSPS) is 26.4. The molecule has 0 aromatic carbocycles. The molecule has 1 N–H and O–H groups in total. The molecular formula is C8H16O2. The minimum absolute atomic E-state index is 0.0887. The maximum absolute atomic E-state index is 9.27. The van der Waals surface area contributed by atoms with Crippen molar-refractivity contribution in [3.63, 3.8) is 0 Å². The zero-order valence-electron chi connectivity index (χ0n) is 6.55. The van der Waals surface area contributed by atoms with Gasteiger partial charge in [-0.3, -0.25) is 0 Å². The Morgan fingerprint density at radius 2 is 2.30 bits per heavy atom. The first kappa shape index (κ1) is 8.02. The summed E-state index contributed by atoms with van der Waals surface area (Å²) >= 11 is 0. The van der Waals surface area contributed by atoms with Gasteiger partial charge in [-0.15, -0.1) is 0 Å². The third-order valence-corrected chi connectivity index (χ3v) is 1.85. The maximum Gasteiger partial charge on any atom is 0.0810 e. The molecule has 60 valence electrons. The zero-order valence-corrected chi connectivity index (χ0v) is 6.55. The summed E-state index contributed by atoms with van der Waals surface area (Å²) in [5.74, 6) is 0. The van der Waals surface area contributed by atoms with Crippen LogP contribution in [0.15, 0.2) is 0 Å². The van der Waals surface area contributed by atoms with E-state index in [0.29, 0.717) is 6.10 Å². The minimum Gasteiger partial charge on any atom is -0.393 e. The zero-order chi connectivity index (χ0) is 7.40. The molecule has 2 unspecified atom stereocenters. The summed E-state index contributed by atoms with van der Waals surface area (Å²) in [7, 11) is 0. The van der Waals surface area contributed by atoms with Gasteiger partial charge in [-0.1, -0.05) is 13.3 Å². The molecular weight excluding hydrogens is 128 g/mol. The summed E-state index contributed by atoms with van der Waals surface area (Å²) in [6.45, 7) is 3.01. The molecule has 1 fully saturated rings. The van der Waals surface area contributed by atoms with Gasteiger partial charge in [0.2, 0.25) is 0 Å². The predicted molar refractivity (Wildman–Crippen MR) is 39.9 cm³/mol. The summed E-state index contributed by atoms with van der Waals surface area (Å²) in [4.78, 5) is 0. The smallest absolute Gasteiger partial charge is 0.0810 e. The van der Waals surface area contributed by atoms with Gasteiger partial charge < -0.3 is 9.84 Å². The Morgan fingerprint density at radius 1 is 1.60 bits per heavy atom. The van der Waals surface area contributed by atoms with Gasteiger partial charge in [0.1, 0.15) is 0 Å². The average molecular weight is 144 g/mol. The highest BCUT2D eigenvalue weighted by atomic mass is 16.6. The fourth-order valence-electron chi connectivity index (χ4n) is 1.09. The van der Waals surface area contributed by atoms with Gasteiger partial charge in [-0.2, -0.15) is 0 Å². The van der Waals surface area contributed by atoms with Gasteiger partial charge in [0.25, 0.3) is 0 Å². The predicted octanol–water partition coefficient (Wildman–Crippen LogP) is 1.33. The second-order valence-corrected chi connectivity index (χ2v) is 2.98. The van der Waals surface area contributed by atoms with Gasteiger partial charge in [-0.25, -0.2) is 0 Å². The van der Waals surface area contributed by atoms with E-state index in [-0.39, 0.29) is 6.10 Å². The Bertz CT molecular complexity index is 89.3. The molecule has 0 spiro atoms. The van der Waals surface area contributed by atoms with Crippen LogP contribution in [0.4, 0.5) is 0 Å². The van der Waals surface area contributed by atoms with Crippen molar-refractivity contribution in [2.75, 3.05) is 6.61 Å². The van der Waals surface area contributed by atoms with Crippen LogP contribution in [0.3, 0.4) is 0 Å². The fourth-order valence-corrected chi connectivity index (χ4v) is 1.09. The van der Waals surface area contributed by atoms with Gasteiger partial charge in [0, 0.05) is 0 Å². The lowest BCUT2D eigenvalue weighted by molar-refractivity contribution is 0.147. The molecule has 2 atom stereocenters. The Kier molecular flexibility index (Phi) is 3.16. The Labute approximate surface area is 62.2 Å². The van der Waals surface area contributed by atoms with Crippen LogP contribution in [-0.4, -0.2) is 23.9 Å². The van der Waals surface area contributed by atoms with E-state index < -0.39 is 0 Å². The lowest BCUT2D eigenvalue weighted by Gasteiger charge is -2.06. The first-order valence-corrected chi connectivity index (χ1v) is 4.12. The molecule has 10 heavy (non-hydrogen) atoms. The van der Waals surface area contributed by atoms with Crippen molar-refractivity contribution in [3.8, 4) is 0 Å². The summed E-state index contributed by atoms with van der Waals surface area (Å²) in [5.41, 5.74) is 0. The molecule has 1 aliphatic heterocycles.